The van der Waals surface area contributed by atoms with E-state index in [9.17, 15) is 9.59 Å². The van der Waals surface area contributed by atoms with E-state index in [1.165, 1.54) is 0 Å². The average molecular weight is 262 g/mol. The molecule has 0 spiro atoms. The van der Waals surface area contributed by atoms with Gasteiger partial charge in [0, 0.05) is 24.3 Å². The molecule has 1 aliphatic rings. The average Bonchev–Trinajstić information content (AvgIpc) is 2.90. The first-order chi connectivity index (χ1) is 9.15. The molecule has 0 aliphatic carbocycles. The van der Waals surface area contributed by atoms with Crippen LogP contribution in [0.5, 0.6) is 0 Å². The number of benzene rings is 1. The predicted octanol–water partition coefficient (Wildman–Crippen LogP) is 1.68. The van der Waals surface area contributed by atoms with Crippen molar-refractivity contribution in [1.29, 1.82) is 0 Å². The number of amides is 2. The molecule has 1 heterocycles. The van der Waals surface area contributed by atoms with Gasteiger partial charge >= 0.3 is 0 Å². The number of nitrogens with two attached hydrogens (primary N) is 1. The van der Waals surface area contributed by atoms with Gasteiger partial charge in [0.15, 0.2) is 0 Å². The molecular weight excluding hydrogens is 244 g/mol. The summed E-state index contributed by atoms with van der Waals surface area (Å²) in [5, 5.41) is 2.76. The monoisotopic (exact) mass is 262 g/mol. The highest BCUT2D eigenvalue weighted by Crippen LogP contribution is 2.17. The van der Waals surface area contributed by atoms with Crippen molar-refractivity contribution in [3.63, 3.8) is 0 Å². The van der Waals surface area contributed by atoms with Crippen molar-refractivity contribution in [3.05, 3.63) is 29.8 Å². The van der Waals surface area contributed by atoms with Crippen molar-refractivity contribution in [1.82, 2.24) is 0 Å². The maximum atomic E-state index is 11.8. The second-order valence-corrected chi connectivity index (χ2v) is 4.67. The van der Waals surface area contributed by atoms with Gasteiger partial charge in [-0.3, -0.25) is 9.59 Å². The van der Waals surface area contributed by atoms with Crippen LogP contribution in [0.4, 0.5) is 5.69 Å². The first-order valence-electron chi connectivity index (χ1n) is 6.46. The summed E-state index contributed by atoms with van der Waals surface area (Å²) in [6, 6.07) is 6.61. The van der Waals surface area contributed by atoms with Crippen LogP contribution in [0.15, 0.2) is 24.3 Å². The van der Waals surface area contributed by atoms with Gasteiger partial charge in [-0.2, -0.15) is 0 Å². The van der Waals surface area contributed by atoms with Crippen LogP contribution in [0, 0.1) is 0 Å². The van der Waals surface area contributed by atoms with Crippen LogP contribution in [0.3, 0.4) is 0 Å². The molecule has 102 valence electrons. The lowest BCUT2D eigenvalue weighted by molar-refractivity contribution is -0.116. The van der Waals surface area contributed by atoms with E-state index in [0.717, 1.165) is 25.9 Å². The van der Waals surface area contributed by atoms with Crippen LogP contribution < -0.4 is 11.1 Å². The van der Waals surface area contributed by atoms with Crippen LogP contribution in [0.1, 0.15) is 36.0 Å². The van der Waals surface area contributed by atoms with Gasteiger partial charge in [-0.15, -0.1) is 0 Å². The fourth-order valence-electron chi connectivity index (χ4n) is 2.14. The summed E-state index contributed by atoms with van der Waals surface area (Å²) in [6.45, 7) is 0.799. The third kappa shape index (κ3) is 4.06. The van der Waals surface area contributed by atoms with Gasteiger partial charge < -0.3 is 15.8 Å². The minimum atomic E-state index is -0.504. The quantitative estimate of drug-likeness (QED) is 0.847. The molecule has 2 amide bonds. The van der Waals surface area contributed by atoms with E-state index in [4.69, 9.17) is 10.5 Å². The van der Waals surface area contributed by atoms with Gasteiger partial charge in [-0.1, -0.05) is 6.07 Å². The summed E-state index contributed by atoms with van der Waals surface area (Å²) in [5.41, 5.74) is 6.16. The van der Waals surface area contributed by atoms with Crippen molar-refractivity contribution >= 4 is 17.5 Å². The summed E-state index contributed by atoms with van der Waals surface area (Å²) < 4.78 is 5.46. The van der Waals surface area contributed by atoms with Gasteiger partial charge in [-0.25, -0.2) is 0 Å². The third-order valence-electron chi connectivity index (χ3n) is 3.15. The number of nitrogens with one attached hydrogen (secondary N) is 1. The lowest BCUT2D eigenvalue weighted by atomic mass is 10.1. The molecule has 19 heavy (non-hydrogen) atoms. The topological polar surface area (TPSA) is 81.4 Å². The number of hydrogen-bond donors (Lipinski definition) is 2. The Morgan fingerprint density at radius 3 is 2.95 bits per heavy atom. The summed E-state index contributed by atoms with van der Waals surface area (Å²) >= 11 is 0. The number of ether oxygens (including phenoxy) is 1. The molecule has 3 N–H and O–H groups in total. The van der Waals surface area contributed by atoms with E-state index >= 15 is 0 Å². The minimum Gasteiger partial charge on any atom is -0.378 e. The van der Waals surface area contributed by atoms with Crippen LogP contribution in [0.2, 0.25) is 0 Å². The fraction of sp³-hybridized carbons (Fsp3) is 0.429. The molecule has 0 aromatic heterocycles. The second-order valence-electron chi connectivity index (χ2n) is 4.67. The molecule has 5 heteroatoms. The molecule has 2 rings (SSSR count). The number of carbonyl (C=O) groups excluding carboxylic acids is 2. The number of primary amides is 1. The van der Waals surface area contributed by atoms with Gasteiger partial charge in [0.1, 0.15) is 0 Å². The largest absolute Gasteiger partial charge is 0.378 e. The first kappa shape index (κ1) is 13.5. The molecule has 0 bridgehead atoms. The zero-order chi connectivity index (χ0) is 13.7. The Hall–Kier alpha value is -1.88. The Labute approximate surface area is 112 Å². The molecule has 1 atom stereocenters. The Morgan fingerprint density at radius 1 is 1.42 bits per heavy atom. The summed E-state index contributed by atoms with van der Waals surface area (Å²) in [7, 11) is 0. The predicted molar refractivity (Wildman–Crippen MR) is 71.8 cm³/mol. The first-order valence-corrected chi connectivity index (χ1v) is 6.46. The summed E-state index contributed by atoms with van der Waals surface area (Å²) in [5.74, 6) is -0.576. The smallest absolute Gasteiger partial charge is 0.248 e. The van der Waals surface area contributed by atoms with Gasteiger partial charge in [0.25, 0.3) is 0 Å². The number of hydrogen-bond acceptors (Lipinski definition) is 3. The number of anilines is 1. The van der Waals surface area contributed by atoms with Crippen LogP contribution in [0.25, 0.3) is 0 Å². The molecular formula is C14H18N2O3. The van der Waals surface area contributed by atoms with Crippen LogP contribution in [-0.4, -0.2) is 24.5 Å². The van der Waals surface area contributed by atoms with Gasteiger partial charge in [0.05, 0.1) is 6.10 Å². The van der Waals surface area contributed by atoms with E-state index in [1.54, 1.807) is 24.3 Å². The highest BCUT2D eigenvalue weighted by molar-refractivity contribution is 5.96. The highest BCUT2D eigenvalue weighted by Gasteiger charge is 2.16. The van der Waals surface area contributed by atoms with E-state index in [1.807, 2.05) is 0 Å². The number of rotatable bonds is 5. The zero-order valence-corrected chi connectivity index (χ0v) is 10.7. The van der Waals surface area contributed by atoms with Crippen LogP contribution >= 0.6 is 0 Å². The normalized spacial score (nSPS) is 18.2. The van der Waals surface area contributed by atoms with Crippen molar-refractivity contribution in [2.45, 2.75) is 31.8 Å². The Balaban J connectivity index is 1.84. The maximum Gasteiger partial charge on any atom is 0.248 e. The molecule has 0 saturated carbocycles. The van der Waals surface area contributed by atoms with E-state index < -0.39 is 5.91 Å². The molecule has 1 aromatic carbocycles. The van der Waals surface area contributed by atoms with Crippen LogP contribution in [-0.2, 0) is 9.53 Å². The molecule has 1 aliphatic heterocycles. The summed E-state index contributed by atoms with van der Waals surface area (Å²) in [4.78, 5) is 22.8. The Morgan fingerprint density at radius 2 is 2.26 bits per heavy atom. The fourth-order valence-corrected chi connectivity index (χ4v) is 2.14. The third-order valence-corrected chi connectivity index (χ3v) is 3.15. The second kappa shape index (κ2) is 6.33. The lowest BCUT2D eigenvalue weighted by Gasteiger charge is -2.09. The molecule has 1 saturated heterocycles. The summed E-state index contributed by atoms with van der Waals surface area (Å²) in [6.07, 6.45) is 3.48. The SMILES string of the molecule is NC(=O)c1cccc(NC(=O)CC[C@H]2CCCO2)c1. The van der Waals surface area contributed by atoms with Crippen molar-refractivity contribution < 1.29 is 14.3 Å². The molecule has 5 nitrogen and oxygen atoms in total. The maximum absolute atomic E-state index is 11.8. The van der Waals surface area contributed by atoms with Crippen molar-refractivity contribution in [2.24, 2.45) is 5.73 Å². The van der Waals surface area contributed by atoms with Gasteiger partial charge in [0.2, 0.25) is 11.8 Å². The zero-order valence-electron chi connectivity index (χ0n) is 10.7. The van der Waals surface area contributed by atoms with E-state index in [0.29, 0.717) is 17.7 Å². The standard InChI is InChI=1S/C14H18N2O3/c15-14(18)10-3-1-4-11(9-10)16-13(17)7-6-12-5-2-8-19-12/h1,3-4,9,12H,2,5-8H2,(H2,15,18)(H,16,17)/t12-/m1/s1. The van der Waals surface area contributed by atoms with Crippen molar-refractivity contribution in [3.8, 4) is 0 Å². The molecule has 0 unspecified atom stereocenters. The highest BCUT2D eigenvalue weighted by atomic mass is 16.5. The minimum absolute atomic E-state index is 0.0721. The van der Waals surface area contributed by atoms with E-state index in [-0.39, 0.29) is 12.0 Å². The lowest BCUT2D eigenvalue weighted by Crippen LogP contribution is -2.16. The Bertz CT molecular complexity index is 468. The van der Waals surface area contributed by atoms with E-state index in [2.05, 4.69) is 5.32 Å². The molecule has 0 radical (unpaired) electrons. The molecule has 1 aromatic rings. The Kier molecular flexibility index (Phi) is 4.52. The van der Waals surface area contributed by atoms with Crippen molar-refractivity contribution in [2.75, 3.05) is 11.9 Å². The van der Waals surface area contributed by atoms with Gasteiger partial charge in [-0.05, 0) is 37.5 Å². The number of carbonyl (C=O) groups is 2. The molecule has 1 fully saturated rings.